The third kappa shape index (κ3) is 5.10. The van der Waals surface area contributed by atoms with Gasteiger partial charge in [0.15, 0.2) is 5.76 Å². The van der Waals surface area contributed by atoms with E-state index in [1.54, 1.807) is 36.4 Å². The van der Waals surface area contributed by atoms with E-state index in [1.165, 1.54) is 0 Å². The van der Waals surface area contributed by atoms with Crippen molar-refractivity contribution in [2.75, 3.05) is 38.1 Å². The van der Waals surface area contributed by atoms with Crippen molar-refractivity contribution in [3.8, 4) is 11.8 Å². The second kappa shape index (κ2) is 10.0. The van der Waals surface area contributed by atoms with Crippen LogP contribution in [0.3, 0.4) is 0 Å². The van der Waals surface area contributed by atoms with Crippen LogP contribution in [0.25, 0.3) is 0 Å². The SMILES string of the molecule is CN1CCN(c2ccccc2CNC(=O)c2ccc(COc3ccccc3C#N)o2)CC1. The van der Waals surface area contributed by atoms with E-state index in [0.29, 0.717) is 23.6 Å². The van der Waals surface area contributed by atoms with Gasteiger partial charge in [-0.1, -0.05) is 30.3 Å². The lowest BCUT2D eigenvalue weighted by Crippen LogP contribution is -2.45. The van der Waals surface area contributed by atoms with Gasteiger partial charge >= 0.3 is 0 Å². The number of para-hydroxylation sites is 2. The molecule has 0 aliphatic carbocycles. The number of nitrogens with one attached hydrogen (secondary N) is 1. The summed E-state index contributed by atoms with van der Waals surface area (Å²) in [5.41, 5.74) is 2.69. The summed E-state index contributed by atoms with van der Waals surface area (Å²) in [6, 6.07) is 20.6. The quantitative estimate of drug-likeness (QED) is 0.619. The van der Waals surface area contributed by atoms with Crippen LogP contribution in [0, 0.1) is 11.3 Å². The number of likely N-dealkylation sites (N-methyl/N-ethyl adjacent to an activating group) is 1. The lowest BCUT2D eigenvalue weighted by Gasteiger charge is -2.35. The number of ether oxygens (including phenoxy) is 1. The molecule has 3 aromatic rings. The number of carbonyl (C=O) groups is 1. The van der Waals surface area contributed by atoms with Gasteiger partial charge in [-0.3, -0.25) is 4.79 Å². The number of rotatable bonds is 7. The molecule has 1 amide bonds. The average Bonchev–Trinajstić information content (AvgIpc) is 3.31. The third-order valence-electron chi connectivity index (χ3n) is 5.54. The molecule has 0 radical (unpaired) electrons. The van der Waals surface area contributed by atoms with Gasteiger partial charge in [-0.25, -0.2) is 0 Å². The van der Waals surface area contributed by atoms with Crippen LogP contribution in [-0.4, -0.2) is 44.0 Å². The summed E-state index contributed by atoms with van der Waals surface area (Å²) in [5, 5.41) is 12.1. The first-order chi connectivity index (χ1) is 15.6. The lowest BCUT2D eigenvalue weighted by atomic mass is 10.1. The van der Waals surface area contributed by atoms with Crippen LogP contribution in [-0.2, 0) is 13.2 Å². The minimum absolute atomic E-state index is 0.137. The summed E-state index contributed by atoms with van der Waals surface area (Å²) in [5.74, 6) is 0.953. The van der Waals surface area contributed by atoms with Crippen LogP contribution < -0.4 is 15.0 Å². The van der Waals surface area contributed by atoms with Crippen molar-refractivity contribution in [3.05, 3.63) is 83.3 Å². The van der Waals surface area contributed by atoms with Crippen LogP contribution in [0.1, 0.15) is 27.4 Å². The fourth-order valence-corrected chi connectivity index (χ4v) is 3.69. The Bertz CT molecular complexity index is 1110. The van der Waals surface area contributed by atoms with Gasteiger partial charge in [0.1, 0.15) is 24.2 Å². The van der Waals surface area contributed by atoms with Crippen molar-refractivity contribution in [1.29, 1.82) is 5.26 Å². The fourth-order valence-electron chi connectivity index (χ4n) is 3.69. The van der Waals surface area contributed by atoms with Crippen LogP contribution in [0.2, 0.25) is 0 Å². The van der Waals surface area contributed by atoms with Crippen LogP contribution in [0.15, 0.2) is 65.1 Å². The molecule has 0 bridgehead atoms. The predicted octanol–water partition coefficient (Wildman–Crippen LogP) is 3.41. The molecule has 1 aromatic heterocycles. The Morgan fingerprint density at radius 1 is 1.06 bits per heavy atom. The Balaban J connectivity index is 1.35. The molecule has 0 spiro atoms. The summed E-state index contributed by atoms with van der Waals surface area (Å²) < 4.78 is 11.3. The Hall–Kier alpha value is -3.76. The first-order valence-electron chi connectivity index (χ1n) is 10.6. The van der Waals surface area contributed by atoms with Gasteiger partial charge in [-0.2, -0.15) is 5.26 Å². The molecule has 1 aliphatic heterocycles. The largest absolute Gasteiger partial charge is 0.484 e. The zero-order chi connectivity index (χ0) is 22.3. The molecule has 1 aliphatic rings. The van der Waals surface area contributed by atoms with E-state index in [-0.39, 0.29) is 18.3 Å². The third-order valence-corrected chi connectivity index (χ3v) is 5.54. The molecule has 2 aromatic carbocycles. The summed E-state index contributed by atoms with van der Waals surface area (Å²) in [4.78, 5) is 17.3. The number of carbonyl (C=O) groups excluding carboxylic acids is 1. The van der Waals surface area contributed by atoms with Gasteiger partial charge < -0.3 is 24.3 Å². The second-order valence-corrected chi connectivity index (χ2v) is 7.76. The number of amides is 1. The maximum Gasteiger partial charge on any atom is 0.287 e. The molecule has 1 fully saturated rings. The summed E-state index contributed by atoms with van der Waals surface area (Å²) >= 11 is 0. The van der Waals surface area contributed by atoms with Crippen molar-refractivity contribution in [3.63, 3.8) is 0 Å². The van der Waals surface area contributed by atoms with Crippen LogP contribution in [0.4, 0.5) is 5.69 Å². The van der Waals surface area contributed by atoms with Gasteiger partial charge in [-0.05, 0) is 42.9 Å². The molecule has 0 unspecified atom stereocenters. The molecular weight excluding hydrogens is 404 g/mol. The van der Waals surface area contributed by atoms with E-state index in [4.69, 9.17) is 14.4 Å². The highest BCUT2D eigenvalue weighted by molar-refractivity contribution is 5.91. The lowest BCUT2D eigenvalue weighted by molar-refractivity contribution is 0.0919. The van der Waals surface area contributed by atoms with Crippen molar-refractivity contribution in [2.45, 2.75) is 13.2 Å². The zero-order valence-electron chi connectivity index (χ0n) is 18.1. The summed E-state index contributed by atoms with van der Waals surface area (Å²) in [7, 11) is 2.13. The number of anilines is 1. The Labute approximate surface area is 187 Å². The predicted molar refractivity (Wildman–Crippen MR) is 122 cm³/mol. The number of nitrogens with zero attached hydrogens (tertiary/aromatic N) is 3. The number of hydrogen-bond donors (Lipinski definition) is 1. The van der Waals surface area contributed by atoms with E-state index >= 15 is 0 Å². The van der Waals surface area contributed by atoms with Gasteiger partial charge in [-0.15, -0.1) is 0 Å². The van der Waals surface area contributed by atoms with Crippen molar-refractivity contribution >= 4 is 11.6 Å². The number of furan rings is 1. The normalized spacial score (nSPS) is 14.1. The van der Waals surface area contributed by atoms with E-state index in [2.05, 4.69) is 34.3 Å². The van der Waals surface area contributed by atoms with E-state index < -0.39 is 0 Å². The smallest absolute Gasteiger partial charge is 0.287 e. The minimum atomic E-state index is -0.276. The Morgan fingerprint density at radius 3 is 2.62 bits per heavy atom. The second-order valence-electron chi connectivity index (χ2n) is 7.76. The summed E-state index contributed by atoms with van der Waals surface area (Å²) in [6.45, 7) is 4.55. The maximum atomic E-state index is 12.6. The number of nitriles is 1. The van der Waals surface area contributed by atoms with Crippen LogP contribution in [0.5, 0.6) is 5.75 Å². The molecule has 0 saturated carbocycles. The van der Waals surface area contributed by atoms with Gasteiger partial charge in [0.25, 0.3) is 5.91 Å². The molecular formula is C25H26N4O3. The van der Waals surface area contributed by atoms with Crippen LogP contribution >= 0.6 is 0 Å². The van der Waals surface area contributed by atoms with E-state index in [9.17, 15) is 4.79 Å². The highest BCUT2D eigenvalue weighted by Gasteiger charge is 2.18. The highest BCUT2D eigenvalue weighted by Crippen LogP contribution is 2.22. The van der Waals surface area contributed by atoms with E-state index in [0.717, 1.165) is 37.4 Å². The molecule has 1 saturated heterocycles. The molecule has 32 heavy (non-hydrogen) atoms. The Morgan fingerprint density at radius 2 is 1.81 bits per heavy atom. The fraction of sp³-hybridized carbons (Fsp3) is 0.280. The number of piperazine rings is 1. The standard InChI is InChI=1S/C25H26N4O3/c1-28-12-14-29(15-13-28)22-8-4-2-7-20(22)17-27-25(30)24-11-10-21(32-24)18-31-23-9-5-3-6-19(23)16-26/h2-11H,12-15,17-18H2,1H3,(H,27,30). The zero-order valence-corrected chi connectivity index (χ0v) is 18.1. The number of hydrogen-bond acceptors (Lipinski definition) is 6. The van der Waals surface area contributed by atoms with Crippen molar-refractivity contribution in [2.24, 2.45) is 0 Å². The molecule has 1 N–H and O–H groups in total. The molecule has 2 heterocycles. The molecule has 7 heteroatoms. The average molecular weight is 431 g/mol. The first-order valence-corrected chi connectivity index (χ1v) is 10.6. The minimum Gasteiger partial charge on any atom is -0.484 e. The van der Waals surface area contributed by atoms with Gasteiger partial charge in [0.2, 0.25) is 0 Å². The first kappa shape index (κ1) is 21.5. The number of benzene rings is 2. The van der Waals surface area contributed by atoms with Crippen molar-refractivity contribution < 1.29 is 13.9 Å². The van der Waals surface area contributed by atoms with Crippen molar-refractivity contribution in [1.82, 2.24) is 10.2 Å². The molecule has 0 atom stereocenters. The van der Waals surface area contributed by atoms with E-state index in [1.807, 2.05) is 18.2 Å². The Kier molecular flexibility index (Phi) is 6.73. The van der Waals surface area contributed by atoms with Gasteiger partial charge in [0.05, 0.1) is 5.56 Å². The topological polar surface area (TPSA) is 81.7 Å². The molecule has 7 nitrogen and oxygen atoms in total. The summed E-state index contributed by atoms with van der Waals surface area (Å²) in [6.07, 6.45) is 0. The monoisotopic (exact) mass is 430 g/mol. The maximum absolute atomic E-state index is 12.6. The molecule has 164 valence electrons. The molecule has 4 rings (SSSR count). The van der Waals surface area contributed by atoms with Gasteiger partial charge in [0, 0.05) is 38.4 Å². The highest BCUT2D eigenvalue weighted by atomic mass is 16.5.